The van der Waals surface area contributed by atoms with E-state index >= 15 is 0 Å². The van der Waals surface area contributed by atoms with Crippen molar-refractivity contribution in [3.8, 4) is 11.4 Å². The molecular weight excluding hydrogens is 468 g/mol. The van der Waals surface area contributed by atoms with Crippen LogP contribution >= 0.6 is 23.8 Å². The second kappa shape index (κ2) is 10.5. The van der Waals surface area contributed by atoms with Crippen LogP contribution in [-0.4, -0.2) is 68.5 Å². The number of halogens is 1. The standard InChI is InChI=1S/C24H27ClN8S/c1-27-7-6-16-9-19-17(12-29-33(24(26)34)14-18-5-4-8-31(18)2)10-22(23-13-28-15-32(23)3)30-21(19)11-20(16)25/h9-13,15,18H,4-8,14H2,2-3H3,(H2,26,34)/b29-12+. The maximum Gasteiger partial charge on any atom is 0.218 e. The van der Waals surface area contributed by atoms with E-state index in [0.717, 1.165) is 52.8 Å². The average molecular weight is 495 g/mol. The molecule has 3 heterocycles. The summed E-state index contributed by atoms with van der Waals surface area (Å²) in [6.07, 6.45) is 8.13. The molecule has 10 heteroatoms. The molecule has 1 aliphatic rings. The van der Waals surface area contributed by atoms with E-state index in [1.54, 1.807) is 23.7 Å². The normalized spacial score (nSPS) is 16.4. The number of likely N-dealkylation sites (tertiary alicyclic amines) is 1. The van der Waals surface area contributed by atoms with E-state index in [4.69, 9.17) is 41.1 Å². The van der Waals surface area contributed by atoms with Gasteiger partial charge in [0.2, 0.25) is 6.54 Å². The number of fused-ring (bicyclic) bond motifs is 1. The Bertz CT molecular complexity index is 1280. The minimum atomic E-state index is 0.238. The van der Waals surface area contributed by atoms with Gasteiger partial charge in [0.05, 0.1) is 42.2 Å². The largest absolute Gasteiger partial charge is 0.375 e. The maximum atomic E-state index is 7.12. The minimum Gasteiger partial charge on any atom is -0.375 e. The first-order valence-corrected chi connectivity index (χ1v) is 11.9. The Labute approximate surface area is 209 Å². The van der Waals surface area contributed by atoms with Gasteiger partial charge in [0.25, 0.3) is 0 Å². The number of aryl methyl sites for hydroxylation is 1. The van der Waals surface area contributed by atoms with E-state index in [2.05, 4.69) is 26.9 Å². The van der Waals surface area contributed by atoms with Gasteiger partial charge in [-0.1, -0.05) is 11.6 Å². The lowest BCUT2D eigenvalue weighted by molar-refractivity contribution is 0.256. The van der Waals surface area contributed by atoms with Crippen LogP contribution in [0.3, 0.4) is 0 Å². The van der Waals surface area contributed by atoms with Gasteiger partial charge in [-0.15, -0.1) is 0 Å². The van der Waals surface area contributed by atoms with Crippen LogP contribution in [0.4, 0.5) is 0 Å². The summed E-state index contributed by atoms with van der Waals surface area (Å²) in [5.41, 5.74) is 10.2. The Morgan fingerprint density at radius 2 is 2.24 bits per heavy atom. The van der Waals surface area contributed by atoms with Crippen molar-refractivity contribution in [2.45, 2.75) is 25.3 Å². The number of pyridine rings is 1. The third kappa shape index (κ3) is 5.20. The van der Waals surface area contributed by atoms with Gasteiger partial charge in [-0.05, 0) is 62.4 Å². The average Bonchev–Trinajstić information content (AvgIpc) is 3.42. The number of thiocarbonyl (C=S) groups is 1. The van der Waals surface area contributed by atoms with Gasteiger partial charge in [0.1, 0.15) is 0 Å². The number of hydrogen-bond acceptors (Lipinski definition) is 5. The summed E-state index contributed by atoms with van der Waals surface area (Å²) >= 11 is 11.8. The number of nitrogens with zero attached hydrogens (tertiary/aromatic N) is 7. The molecule has 34 heavy (non-hydrogen) atoms. The third-order valence-electron chi connectivity index (χ3n) is 6.23. The fraction of sp³-hybridized carbons (Fsp3) is 0.375. The maximum absolute atomic E-state index is 7.12. The fourth-order valence-electron chi connectivity index (χ4n) is 4.26. The molecule has 0 radical (unpaired) electrons. The lowest BCUT2D eigenvalue weighted by atomic mass is 10.0. The zero-order valence-corrected chi connectivity index (χ0v) is 20.9. The van der Waals surface area contributed by atoms with Gasteiger partial charge in [-0.3, -0.25) is 0 Å². The molecule has 2 N–H and O–H groups in total. The molecule has 3 aromatic rings. The molecule has 0 spiro atoms. The lowest BCUT2D eigenvalue weighted by Gasteiger charge is -2.25. The SMILES string of the molecule is [C-]#[N+]CCc1cc2c(/C=N/N(CC3CCCN3C)C(N)=S)cc(-c3cncn3C)nc2cc1Cl. The van der Waals surface area contributed by atoms with Gasteiger partial charge in [0.15, 0.2) is 5.11 Å². The second-order valence-corrected chi connectivity index (χ2v) is 9.35. The Kier molecular flexibility index (Phi) is 7.41. The lowest BCUT2D eigenvalue weighted by Crippen LogP contribution is -2.41. The van der Waals surface area contributed by atoms with Crippen molar-refractivity contribution in [3.63, 3.8) is 0 Å². The molecule has 0 saturated carbocycles. The second-order valence-electron chi connectivity index (χ2n) is 8.52. The molecule has 1 saturated heterocycles. The van der Waals surface area contributed by atoms with Crippen LogP contribution in [0.15, 0.2) is 35.8 Å². The van der Waals surface area contributed by atoms with Crippen LogP contribution in [0.2, 0.25) is 5.02 Å². The summed E-state index contributed by atoms with van der Waals surface area (Å²) < 4.78 is 1.91. The number of benzene rings is 1. The fourth-order valence-corrected chi connectivity index (χ4v) is 4.64. The highest BCUT2D eigenvalue weighted by molar-refractivity contribution is 7.80. The first-order valence-electron chi connectivity index (χ1n) is 11.1. The molecular formula is C24H27ClN8S. The summed E-state index contributed by atoms with van der Waals surface area (Å²) in [7, 11) is 4.04. The molecule has 1 unspecified atom stereocenters. The zero-order valence-electron chi connectivity index (χ0n) is 19.3. The van der Waals surface area contributed by atoms with Crippen LogP contribution in [0.25, 0.3) is 27.1 Å². The third-order valence-corrected chi connectivity index (χ3v) is 6.79. The van der Waals surface area contributed by atoms with E-state index in [-0.39, 0.29) is 5.11 Å². The van der Waals surface area contributed by atoms with E-state index < -0.39 is 0 Å². The summed E-state index contributed by atoms with van der Waals surface area (Å²) in [6.45, 7) is 9.20. The van der Waals surface area contributed by atoms with Crippen LogP contribution in [-0.2, 0) is 13.5 Å². The van der Waals surface area contributed by atoms with Crippen LogP contribution in [0, 0.1) is 6.57 Å². The van der Waals surface area contributed by atoms with E-state index in [9.17, 15) is 0 Å². The van der Waals surface area contributed by atoms with E-state index in [1.807, 2.05) is 29.8 Å². The zero-order chi connectivity index (χ0) is 24.2. The van der Waals surface area contributed by atoms with Crippen molar-refractivity contribution in [1.82, 2.24) is 24.4 Å². The van der Waals surface area contributed by atoms with E-state index in [1.165, 1.54) is 0 Å². The highest BCUT2D eigenvalue weighted by Crippen LogP contribution is 2.29. The van der Waals surface area contributed by atoms with Crippen molar-refractivity contribution in [2.75, 3.05) is 26.7 Å². The number of hydrazone groups is 1. The van der Waals surface area contributed by atoms with Gasteiger partial charge in [0, 0.05) is 35.5 Å². The molecule has 0 aliphatic carbocycles. The van der Waals surface area contributed by atoms with Gasteiger partial charge in [-0.2, -0.15) is 5.10 Å². The van der Waals surface area contributed by atoms with Crippen molar-refractivity contribution in [3.05, 3.63) is 58.3 Å². The van der Waals surface area contributed by atoms with Crippen molar-refractivity contribution in [2.24, 2.45) is 17.9 Å². The van der Waals surface area contributed by atoms with Crippen molar-refractivity contribution < 1.29 is 0 Å². The Morgan fingerprint density at radius 3 is 2.88 bits per heavy atom. The highest BCUT2D eigenvalue weighted by atomic mass is 35.5. The van der Waals surface area contributed by atoms with Crippen molar-refractivity contribution >= 4 is 46.0 Å². The van der Waals surface area contributed by atoms with Gasteiger partial charge < -0.3 is 20.0 Å². The topological polar surface area (TPSA) is 79.9 Å². The molecule has 1 atom stereocenters. The molecule has 1 aromatic carbocycles. The summed E-state index contributed by atoms with van der Waals surface area (Å²) in [5.74, 6) is 0. The summed E-state index contributed by atoms with van der Waals surface area (Å²) in [4.78, 5) is 14.8. The molecule has 0 amide bonds. The molecule has 176 valence electrons. The molecule has 0 bridgehead atoms. The predicted molar refractivity (Wildman–Crippen MR) is 141 cm³/mol. The molecule has 1 fully saturated rings. The van der Waals surface area contributed by atoms with Crippen LogP contribution < -0.4 is 5.73 Å². The number of rotatable bonds is 7. The molecule has 8 nitrogen and oxygen atoms in total. The van der Waals surface area contributed by atoms with Gasteiger partial charge >= 0.3 is 0 Å². The number of nitrogens with two attached hydrogens (primary N) is 1. The first kappa shape index (κ1) is 24.1. The Hall–Kier alpha value is -3.06. The number of likely N-dealkylation sites (N-methyl/N-ethyl adjacent to an activating group) is 1. The van der Waals surface area contributed by atoms with Crippen molar-refractivity contribution in [1.29, 1.82) is 0 Å². The molecule has 1 aliphatic heterocycles. The van der Waals surface area contributed by atoms with Crippen LogP contribution in [0.5, 0.6) is 0 Å². The monoisotopic (exact) mass is 494 g/mol. The predicted octanol–water partition coefficient (Wildman–Crippen LogP) is 3.72. The van der Waals surface area contributed by atoms with Crippen LogP contribution in [0.1, 0.15) is 24.0 Å². The first-order chi connectivity index (χ1) is 16.4. The summed E-state index contributed by atoms with van der Waals surface area (Å²) in [6, 6.07) is 6.19. The number of imidazole rings is 1. The smallest absolute Gasteiger partial charge is 0.218 e. The molecule has 4 rings (SSSR count). The Morgan fingerprint density at radius 1 is 1.41 bits per heavy atom. The Balaban J connectivity index is 1.78. The molecule has 2 aromatic heterocycles. The minimum absolute atomic E-state index is 0.238. The number of aromatic nitrogens is 3. The number of hydrogen-bond donors (Lipinski definition) is 1. The summed E-state index contributed by atoms with van der Waals surface area (Å²) in [5, 5.41) is 8.11. The van der Waals surface area contributed by atoms with Gasteiger partial charge in [-0.25, -0.2) is 21.5 Å². The quantitative estimate of drug-likeness (QED) is 0.233. The highest BCUT2D eigenvalue weighted by Gasteiger charge is 2.24. The van der Waals surface area contributed by atoms with E-state index in [0.29, 0.717) is 30.6 Å².